The summed E-state index contributed by atoms with van der Waals surface area (Å²) >= 11 is 3.23. The van der Waals surface area contributed by atoms with Crippen molar-refractivity contribution in [2.45, 2.75) is 12.5 Å². The fraction of sp³-hybridized carbons (Fsp3) is 0.150. The minimum absolute atomic E-state index is 0.235. The highest BCUT2D eigenvalue weighted by Crippen LogP contribution is 2.26. The van der Waals surface area contributed by atoms with Crippen LogP contribution in [0.4, 0.5) is 0 Å². The Morgan fingerprint density at radius 2 is 1.65 bits per heavy atom. The highest BCUT2D eigenvalue weighted by molar-refractivity contribution is 9.11. The third kappa shape index (κ3) is 3.60. The van der Waals surface area contributed by atoms with Gasteiger partial charge in [0.05, 0.1) is 23.7 Å². The maximum absolute atomic E-state index is 13.1. The third-order valence-electron chi connectivity index (χ3n) is 4.03. The lowest BCUT2D eigenvalue weighted by Gasteiger charge is -2.17. The molecule has 1 N–H and O–H groups in total. The first-order chi connectivity index (χ1) is 12.5. The number of hydrogen-bond acceptors (Lipinski definition) is 4. The molecule has 0 fully saturated rings. The van der Waals surface area contributed by atoms with Gasteiger partial charge in [0.25, 0.3) is 5.91 Å². The molecule has 0 saturated heterocycles. The Bertz CT molecular complexity index is 962. The van der Waals surface area contributed by atoms with Crippen molar-refractivity contribution in [3.05, 3.63) is 65.2 Å². The van der Waals surface area contributed by atoms with E-state index in [1.807, 2.05) is 48.5 Å². The van der Waals surface area contributed by atoms with Gasteiger partial charge in [-0.15, -0.1) is 0 Å². The number of nitrogens with one attached hydrogen (secondary N) is 1. The van der Waals surface area contributed by atoms with Gasteiger partial charge in [0, 0.05) is 17.2 Å². The molecule has 1 amide bonds. The van der Waals surface area contributed by atoms with E-state index in [1.165, 1.54) is 7.11 Å². The number of hydrogen-bond donors (Lipinski definition) is 1. The summed E-state index contributed by atoms with van der Waals surface area (Å²) in [6, 6.07) is 14.0. The van der Waals surface area contributed by atoms with E-state index in [9.17, 15) is 9.59 Å². The maximum Gasteiger partial charge on any atom is 0.328 e. The van der Waals surface area contributed by atoms with E-state index in [0.29, 0.717) is 10.0 Å². The van der Waals surface area contributed by atoms with Crippen molar-refractivity contribution in [3.8, 4) is 0 Å². The van der Waals surface area contributed by atoms with Gasteiger partial charge < -0.3 is 10.1 Å². The number of benzene rings is 2. The molecule has 0 bridgehead atoms. The molecule has 0 aliphatic rings. The number of aromatic nitrogens is 1. The molecule has 0 spiro atoms. The molecule has 5 nitrogen and oxygen atoms in total. The first-order valence-corrected chi connectivity index (χ1v) is 8.80. The van der Waals surface area contributed by atoms with Crippen molar-refractivity contribution in [3.63, 3.8) is 0 Å². The summed E-state index contributed by atoms with van der Waals surface area (Å²) in [6.07, 6.45) is 0.235. The van der Waals surface area contributed by atoms with Crippen LogP contribution in [0.25, 0.3) is 21.8 Å². The van der Waals surface area contributed by atoms with Crippen LogP contribution in [0, 0.1) is 0 Å². The number of amides is 1. The zero-order valence-electron chi connectivity index (χ0n) is 14.2. The van der Waals surface area contributed by atoms with Gasteiger partial charge >= 0.3 is 5.97 Å². The zero-order chi connectivity index (χ0) is 18.7. The number of fused-ring (bicyclic) bond motifs is 2. The van der Waals surface area contributed by atoms with Crippen LogP contribution in [0.3, 0.4) is 0 Å². The maximum atomic E-state index is 13.1. The van der Waals surface area contributed by atoms with Gasteiger partial charge in [-0.2, -0.15) is 0 Å². The van der Waals surface area contributed by atoms with Crippen molar-refractivity contribution in [1.29, 1.82) is 0 Å². The van der Waals surface area contributed by atoms with Crippen molar-refractivity contribution in [2.75, 3.05) is 7.11 Å². The molecule has 26 heavy (non-hydrogen) atoms. The second-order valence-corrected chi connectivity index (χ2v) is 6.91. The molecule has 3 aromatic rings. The number of pyridine rings is 1. The summed E-state index contributed by atoms with van der Waals surface area (Å²) in [5.74, 6) is -0.884. The van der Waals surface area contributed by atoms with Crippen LogP contribution >= 0.6 is 15.9 Å². The molecule has 0 aliphatic heterocycles. The van der Waals surface area contributed by atoms with Gasteiger partial charge in [-0.3, -0.25) is 4.79 Å². The molecule has 0 saturated carbocycles. The standard InChI is InChI=1S/C20H17BrN2O3/c1-12(21)11-17(20(25)26-2)23-19(24)18-13-7-3-5-9-15(13)22-16-10-6-4-8-14(16)18/h3-10,17H,1,11H2,2H3,(H,23,24)/t17-/m1/s1. The van der Waals surface area contributed by atoms with Gasteiger partial charge in [-0.25, -0.2) is 9.78 Å². The smallest absolute Gasteiger partial charge is 0.328 e. The number of halogens is 1. The van der Waals surface area contributed by atoms with E-state index in [0.717, 1.165) is 21.8 Å². The van der Waals surface area contributed by atoms with E-state index >= 15 is 0 Å². The fourth-order valence-electron chi connectivity index (χ4n) is 2.87. The third-order valence-corrected chi connectivity index (χ3v) is 4.36. The summed E-state index contributed by atoms with van der Waals surface area (Å²) in [5, 5.41) is 4.22. The van der Waals surface area contributed by atoms with Crippen LogP contribution in [-0.4, -0.2) is 30.0 Å². The minimum Gasteiger partial charge on any atom is -0.467 e. The lowest BCUT2D eigenvalue weighted by molar-refractivity contribution is -0.142. The van der Waals surface area contributed by atoms with Crippen LogP contribution in [0.15, 0.2) is 59.6 Å². The van der Waals surface area contributed by atoms with Gasteiger partial charge in [0.2, 0.25) is 0 Å². The Labute approximate surface area is 159 Å². The van der Waals surface area contributed by atoms with Gasteiger partial charge in [-0.1, -0.05) is 58.9 Å². The Balaban J connectivity index is 2.11. The van der Waals surface area contributed by atoms with Crippen LogP contribution < -0.4 is 5.32 Å². The number of rotatable bonds is 5. The molecule has 0 aliphatic carbocycles. The lowest BCUT2D eigenvalue weighted by atomic mass is 10.0. The monoisotopic (exact) mass is 412 g/mol. The second kappa shape index (κ2) is 7.66. The van der Waals surface area contributed by atoms with E-state index in [2.05, 4.69) is 32.8 Å². The molecule has 1 heterocycles. The first kappa shape index (κ1) is 18.1. The van der Waals surface area contributed by atoms with Gasteiger partial charge in [-0.05, 0) is 16.6 Å². The predicted octanol–water partition coefficient (Wildman–Crippen LogP) is 3.96. The Hall–Kier alpha value is -2.73. The van der Waals surface area contributed by atoms with Crippen molar-refractivity contribution >= 4 is 49.6 Å². The number of ether oxygens (including phenoxy) is 1. The molecule has 1 atom stereocenters. The highest BCUT2D eigenvalue weighted by atomic mass is 79.9. The van der Waals surface area contributed by atoms with Crippen molar-refractivity contribution in [2.24, 2.45) is 0 Å². The number of esters is 1. The van der Waals surface area contributed by atoms with E-state index < -0.39 is 12.0 Å². The van der Waals surface area contributed by atoms with E-state index in [4.69, 9.17) is 4.74 Å². The van der Waals surface area contributed by atoms with E-state index in [1.54, 1.807) is 0 Å². The van der Waals surface area contributed by atoms with Crippen LogP contribution in [-0.2, 0) is 9.53 Å². The summed E-state index contributed by atoms with van der Waals surface area (Å²) in [7, 11) is 1.29. The molecular formula is C20H17BrN2O3. The van der Waals surface area contributed by atoms with Crippen LogP contribution in [0.1, 0.15) is 16.8 Å². The average molecular weight is 413 g/mol. The summed E-state index contributed by atoms with van der Waals surface area (Å²) in [4.78, 5) is 29.7. The first-order valence-electron chi connectivity index (χ1n) is 8.00. The quantitative estimate of drug-likeness (QED) is 0.508. The highest BCUT2D eigenvalue weighted by Gasteiger charge is 2.24. The summed E-state index contributed by atoms with van der Waals surface area (Å²) < 4.78 is 5.39. The van der Waals surface area contributed by atoms with Gasteiger partial charge in [0.1, 0.15) is 6.04 Å². The minimum atomic E-state index is -0.829. The molecule has 132 valence electrons. The number of carbonyl (C=O) groups excluding carboxylic acids is 2. The molecular weight excluding hydrogens is 396 g/mol. The summed E-state index contributed by atoms with van der Waals surface area (Å²) in [6.45, 7) is 3.74. The number of para-hydroxylation sites is 2. The molecule has 2 aromatic carbocycles. The SMILES string of the molecule is C=C(Br)C[C@@H](NC(=O)c1c2ccccc2nc2ccccc12)C(=O)OC. The molecule has 0 unspecified atom stereocenters. The summed E-state index contributed by atoms with van der Waals surface area (Å²) in [5.41, 5.74) is 1.92. The second-order valence-electron chi connectivity index (χ2n) is 5.79. The fourth-order valence-corrected chi connectivity index (χ4v) is 3.20. The topological polar surface area (TPSA) is 68.3 Å². The lowest BCUT2D eigenvalue weighted by Crippen LogP contribution is -2.41. The predicted molar refractivity (Wildman–Crippen MR) is 105 cm³/mol. The zero-order valence-corrected chi connectivity index (χ0v) is 15.7. The van der Waals surface area contributed by atoms with Crippen molar-refractivity contribution in [1.82, 2.24) is 10.3 Å². The van der Waals surface area contributed by atoms with E-state index in [-0.39, 0.29) is 12.3 Å². The largest absolute Gasteiger partial charge is 0.467 e. The van der Waals surface area contributed by atoms with Gasteiger partial charge in [0.15, 0.2) is 0 Å². The van der Waals surface area contributed by atoms with Crippen molar-refractivity contribution < 1.29 is 14.3 Å². The van der Waals surface area contributed by atoms with Crippen LogP contribution in [0.2, 0.25) is 0 Å². The number of nitrogens with zero attached hydrogens (tertiary/aromatic N) is 1. The Morgan fingerprint density at radius 3 is 2.15 bits per heavy atom. The normalized spacial score (nSPS) is 11.9. The number of carbonyl (C=O) groups is 2. The Kier molecular flexibility index (Phi) is 5.32. The number of methoxy groups -OCH3 is 1. The average Bonchev–Trinajstić information content (AvgIpc) is 2.64. The molecule has 6 heteroatoms. The molecule has 3 rings (SSSR count). The Morgan fingerprint density at radius 1 is 1.12 bits per heavy atom. The molecule has 1 aromatic heterocycles. The van der Waals surface area contributed by atoms with Crippen LogP contribution in [0.5, 0.6) is 0 Å². The molecule has 0 radical (unpaired) electrons.